The van der Waals surface area contributed by atoms with Gasteiger partial charge in [-0.25, -0.2) is 9.97 Å². The quantitative estimate of drug-likeness (QED) is 0.622. The maximum absolute atomic E-state index is 12.4. The number of benzene rings is 2. The van der Waals surface area contributed by atoms with Crippen LogP contribution in [0.2, 0.25) is 0 Å². The molecule has 0 unspecified atom stereocenters. The van der Waals surface area contributed by atoms with E-state index in [9.17, 15) is 4.79 Å². The first kappa shape index (κ1) is 19.4. The number of para-hydroxylation sites is 1. The van der Waals surface area contributed by atoms with Crippen molar-refractivity contribution in [3.8, 4) is 5.75 Å². The van der Waals surface area contributed by atoms with Gasteiger partial charge in [-0.1, -0.05) is 37.3 Å². The van der Waals surface area contributed by atoms with Crippen molar-refractivity contribution in [1.29, 1.82) is 0 Å². The maximum atomic E-state index is 12.4. The van der Waals surface area contributed by atoms with E-state index in [-0.39, 0.29) is 5.91 Å². The van der Waals surface area contributed by atoms with E-state index in [1.54, 1.807) is 7.11 Å². The highest BCUT2D eigenvalue weighted by Gasteiger charge is 2.09. The molecule has 0 aliphatic heterocycles. The van der Waals surface area contributed by atoms with Crippen LogP contribution in [0.3, 0.4) is 0 Å². The van der Waals surface area contributed by atoms with Crippen LogP contribution >= 0.6 is 0 Å². The number of hydrogen-bond donors (Lipinski definition) is 2. The standard InChI is InChI=1S/C22H24N4O2/c1-3-17-8-4-5-10-20(17)26-21(27)18-14-24-22(25-15-18)23-12-11-16-7-6-9-19(13-16)28-2/h4-10,13-15H,3,11-12H2,1-2H3,(H,26,27)(H,23,24,25). The van der Waals surface area contributed by atoms with E-state index in [0.29, 0.717) is 18.1 Å². The van der Waals surface area contributed by atoms with Crippen molar-refractivity contribution in [2.75, 3.05) is 24.3 Å². The third kappa shape index (κ3) is 5.07. The first-order valence-corrected chi connectivity index (χ1v) is 9.27. The lowest BCUT2D eigenvalue weighted by atomic mass is 10.1. The summed E-state index contributed by atoms with van der Waals surface area (Å²) in [6.07, 6.45) is 4.73. The van der Waals surface area contributed by atoms with Gasteiger partial charge >= 0.3 is 0 Å². The van der Waals surface area contributed by atoms with Gasteiger partial charge in [-0.2, -0.15) is 0 Å². The van der Waals surface area contributed by atoms with E-state index in [1.807, 2.05) is 48.5 Å². The van der Waals surface area contributed by atoms with Gasteiger partial charge in [0.2, 0.25) is 5.95 Å². The molecular formula is C22H24N4O2. The molecule has 6 heteroatoms. The van der Waals surface area contributed by atoms with Gasteiger partial charge in [0.1, 0.15) is 5.75 Å². The Labute approximate surface area is 165 Å². The van der Waals surface area contributed by atoms with Crippen molar-refractivity contribution in [3.63, 3.8) is 0 Å². The molecule has 0 bridgehead atoms. The molecule has 2 N–H and O–H groups in total. The molecule has 3 aromatic rings. The molecule has 0 atom stereocenters. The summed E-state index contributed by atoms with van der Waals surface area (Å²) in [5, 5.41) is 6.09. The molecular weight excluding hydrogens is 352 g/mol. The largest absolute Gasteiger partial charge is 0.497 e. The molecule has 0 saturated carbocycles. The van der Waals surface area contributed by atoms with Crippen LogP contribution in [0, 0.1) is 0 Å². The van der Waals surface area contributed by atoms with Crippen LogP contribution in [-0.4, -0.2) is 29.5 Å². The Hall–Kier alpha value is -3.41. The van der Waals surface area contributed by atoms with Gasteiger partial charge in [0, 0.05) is 24.6 Å². The lowest BCUT2D eigenvalue weighted by Gasteiger charge is -2.10. The van der Waals surface area contributed by atoms with Crippen molar-refractivity contribution in [1.82, 2.24) is 9.97 Å². The number of aryl methyl sites for hydroxylation is 1. The third-order valence-corrected chi connectivity index (χ3v) is 4.39. The minimum atomic E-state index is -0.219. The Morgan fingerprint density at radius 1 is 1.07 bits per heavy atom. The van der Waals surface area contributed by atoms with Crippen LogP contribution in [0.4, 0.5) is 11.6 Å². The molecule has 3 rings (SSSR count). The van der Waals surface area contributed by atoms with Crippen molar-refractivity contribution >= 4 is 17.5 Å². The molecule has 144 valence electrons. The van der Waals surface area contributed by atoms with E-state index < -0.39 is 0 Å². The lowest BCUT2D eigenvalue weighted by Crippen LogP contribution is -2.15. The number of ether oxygens (including phenoxy) is 1. The van der Waals surface area contributed by atoms with E-state index in [4.69, 9.17) is 4.74 Å². The summed E-state index contributed by atoms with van der Waals surface area (Å²) in [5.41, 5.74) is 3.49. The Kier molecular flexibility index (Phi) is 6.57. The average Bonchev–Trinajstić information content (AvgIpc) is 2.74. The van der Waals surface area contributed by atoms with Crippen LogP contribution in [0.15, 0.2) is 60.9 Å². The van der Waals surface area contributed by atoms with Crippen LogP contribution in [0.5, 0.6) is 5.75 Å². The first-order valence-electron chi connectivity index (χ1n) is 9.27. The molecule has 1 amide bonds. The fourth-order valence-electron chi connectivity index (χ4n) is 2.83. The second-order valence-corrected chi connectivity index (χ2v) is 6.29. The minimum absolute atomic E-state index is 0.219. The number of amides is 1. The predicted molar refractivity (Wildman–Crippen MR) is 111 cm³/mol. The summed E-state index contributed by atoms with van der Waals surface area (Å²) in [5.74, 6) is 1.12. The third-order valence-electron chi connectivity index (χ3n) is 4.39. The highest BCUT2D eigenvalue weighted by atomic mass is 16.5. The van der Waals surface area contributed by atoms with Crippen LogP contribution < -0.4 is 15.4 Å². The molecule has 0 spiro atoms. The van der Waals surface area contributed by atoms with E-state index >= 15 is 0 Å². The van der Waals surface area contributed by atoms with Gasteiger partial charge in [0.05, 0.1) is 12.7 Å². The molecule has 0 fully saturated rings. The van der Waals surface area contributed by atoms with Gasteiger partial charge in [-0.3, -0.25) is 4.79 Å². The summed E-state index contributed by atoms with van der Waals surface area (Å²) in [6.45, 7) is 2.74. The highest BCUT2D eigenvalue weighted by molar-refractivity contribution is 6.04. The number of carbonyl (C=O) groups is 1. The number of nitrogens with one attached hydrogen (secondary N) is 2. The van der Waals surface area contributed by atoms with E-state index in [1.165, 1.54) is 12.4 Å². The molecule has 28 heavy (non-hydrogen) atoms. The molecule has 0 radical (unpaired) electrons. The van der Waals surface area contributed by atoms with Gasteiger partial charge in [0.15, 0.2) is 0 Å². The van der Waals surface area contributed by atoms with Gasteiger partial charge in [-0.15, -0.1) is 0 Å². The van der Waals surface area contributed by atoms with Crippen molar-refractivity contribution in [2.24, 2.45) is 0 Å². The molecule has 2 aromatic carbocycles. The number of aromatic nitrogens is 2. The van der Waals surface area contributed by atoms with Gasteiger partial charge < -0.3 is 15.4 Å². The fourth-order valence-corrected chi connectivity index (χ4v) is 2.83. The second-order valence-electron chi connectivity index (χ2n) is 6.29. The van der Waals surface area contributed by atoms with E-state index in [2.05, 4.69) is 27.5 Å². The van der Waals surface area contributed by atoms with Crippen LogP contribution in [0.25, 0.3) is 0 Å². The van der Waals surface area contributed by atoms with E-state index in [0.717, 1.165) is 35.4 Å². The lowest BCUT2D eigenvalue weighted by molar-refractivity contribution is 0.102. The first-order chi connectivity index (χ1) is 13.7. The SMILES string of the molecule is CCc1ccccc1NC(=O)c1cnc(NCCc2cccc(OC)c2)nc1. The summed E-state index contributed by atoms with van der Waals surface area (Å²) in [6, 6.07) is 15.7. The van der Waals surface area contributed by atoms with Crippen molar-refractivity contribution in [3.05, 3.63) is 77.6 Å². The summed E-state index contributed by atoms with van der Waals surface area (Å²) < 4.78 is 5.23. The molecule has 6 nitrogen and oxygen atoms in total. The smallest absolute Gasteiger partial charge is 0.258 e. The number of rotatable bonds is 8. The van der Waals surface area contributed by atoms with Gasteiger partial charge in [-0.05, 0) is 42.2 Å². The summed E-state index contributed by atoms with van der Waals surface area (Å²) in [4.78, 5) is 20.9. The Bertz CT molecular complexity index is 926. The average molecular weight is 376 g/mol. The normalized spacial score (nSPS) is 10.4. The fraction of sp³-hybridized carbons (Fsp3) is 0.227. The monoisotopic (exact) mass is 376 g/mol. The molecule has 1 aromatic heterocycles. The number of nitrogens with zero attached hydrogens (tertiary/aromatic N) is 2. The Morgan fingerprint density at radius 3 is 2.61 bits per heavy atom. The second kappa shape index (κ2) is 9.50. The summed E-state index contributed by atoms with van der Waals surface area (Å²) >= 11 is 0. The molecule has 0 aliphatic rings. The topological polar surface area (TPSA) is 76.1 Å². The van der Waals surface area contributed by atoms with Crippen LogP contribution in [0.1, 0.15) is 28.4 Å². The van der Waals surface area contributed by atoms with Crippen molar-refractivity contribution < 1.29 is 9.53 Å². The number of carbonyl (C=O) groups excluding carboxylic acids is 1. The summed E-state index contributed by atoms with van der Waals surface area (Å²) in [7, 11) is 1.66. The number of hydrogen-bond acceptors (Lipinski definition) is 5. The Balaban J connectivity index is 1.54. The zero-order chi connectivity index (χ0) is 19.8. The predicted octanol–water partition coefficient (Wildman–Crippen LogP) is 3.95. The maximum Gasteiger partial charge on any atom is 0.258 e. The number of anilines is 2. The van der Waals surface area contributed by atoms with Crippen LogP contribution in [-0.2, 0) is 12.8 Å². The number of methoxy groups -OCH3 is 1. The van der Waals surface area contributed by atoms with Gasteiger partial charge in [0.25, 0.3) is 5.91 Å². The molecule has 0 saturated heterocycles. The highest BCUT2D eigenvalue weighted by Crippen LogP contribution is 2.17. The molecule has 1 heterocycles. The van der Waals surface area contributed by atoms with Crippen molar-refractivity contribution in [2.45, 2.75) is 19.8 Å². The Morgan fingerprint density at radius 2 is 1.86 bits per heavy atom. The zero-order valence-electron chi connectivity index (χ0n) is 16.1. The minimum Gasteiger partial charge on any atom is -0.497 e. The molecule has 0 aliphatic carbocycles. The zero-order valence-corrected chi connectivity index (χ0v) is 16.1.